The van der Waals surface area contributed by atoms with Crippen LogP contribution in [-0.4, -0.2) is 78.9 Å². The molecule has 1 aromatic carbocycles. The maximum Gasteiger partial charge on any atom is 0.236 e. The molecule has 0 saturated carbocycles. The molecular weight excluding hydrogens is 316 g/mol. The number of para-hydroxylation sites is 1. The highest BCUT2D eigenvalue weighted by molar-refractivity contribution is 5.90. The number of anilines is 1. The Morgan fingerprint density at radius 2 is 1.60 bits per heavy atom. The Morgan fingerprint density at radius 3 is 2.20 bits per heavy atom. The number of carbonyl (C=O) groups is 2. The molecule has 6 heteroatoms. The van der Waals surface area contributed by atoms with Crippen LogP contribution >= 0.6 is 0 Å². The number of hydrogen-bond donors (Lipinski definition) is 1. The number of nitrogens with zero attached hydrogens (tertiary/aromatic N) is 3. The first-order chi connectivity index (χ1) is 12.1. The average molecular weight is 346 g/mol. The third kappa shape index (κ3) is 6.48. The zero-order chi connectivity index (χ0) is 18.1. The van der Waals surface area contributed by atoms with E-state index in [0.29, 0.717) is 13.0 Å². The van der Waals surface area contributed by atoms with Gasteiger partial charge in [-0.25, -0.2) is 0 Å². The van der Waals surface area contributed by atoms with Crippen LogP contribution in [0.4, 0.5) is 5.69 Å². The highest BCUT2D eigenvalue weighted by Crippen LogP contribution is 2.07. The molecule has 0 atom stereocenters. The number of nitrogens with one attached hydrogen (secondary N) is 1. The summed E-state index contributed by atoms with van der Waals surface area (Å²) in [6, 6.07) is 9.54. The SMILES string of the molecule is CCN(CC)C(=O)CN1CCN(CCC(=O)Nc2ccccc2)CC1. The van der Waals surface area contributed by atoms with E-state index in [-0.39, 0.29) is 11.8 Å². The summed E-state index contributed by atoms with van der Waals surface area (Å²) in [6.07, 6.45) is 0.493. The van der Waals surface area contributed by atoms with Gasteiger partial charge in [0.1, 0.15) is 0 Å². The lowest BCUT2D eigenvalue weighted by Crippen LogP contribution is -2.50. The summed E-state index contributed by atoms with van der Waals surface area (Å²) in [6.45, 7) is 10.4. The van der Waals surface area contributed by atoms with E-state index in [1.54, 1.807) is 0 Å². The summed E-state index contributed by atoms with van der Waals surface area (Å²) in [7, 11) is 0. The molecule has 1 fully saturated rings. The largest absolute Gasteiger partial charge is 0.342 e. The van der Waals surface area contributed by atoms with E-state index in [4.69, 9.17) is 0 Å². The van der Waals surface area contributed by atoms with Crippen LogP contribution in [-0.2, 0) is 9.59 Å². The highest BCUT2D eigenvalue weighted by Gasteiger charge is 2.21. The standard InChI is InChI=1S/C19H30N4O2/c1-3-23(4-2)19(25)16-22-14-12-21(13-15-22)11-10-18(24)20-17-8-6-5-7-9-17/h5-9H,3-4,10-16H2,1-2H3,(H,20,24). The monoisotopic (exact) mass is 346 g/mol. The molecule has 2 rings (SSSR count). The average Bonchev–Trinajstić information content (AvgIpc) is 2.63. The van der Waals surface area contributed by atoms with Crippen LogP contribution in [0.3, 0.4) is 0 Å². The van der Waals surface area contributed by atoms with Crippen molar-refractivity contribution in [3.63, 3.8) is 0 Å². The molecule has 0 aliphatic carbocycles. The second kappa shape index (κ2) is 10.2. The van der Waals surface area contributed by atoms with Crippen molar-refractivity contribution in [2.75, 3.05) is 57.7 Å². The maximum atomic E-state index is 12.2. The van der Waals surface area contributed by atoms with Gasteiger partial charge in [-0.1, -0.05) is 18.2 Å². The van der Waals surface area contributed by atoms with Crippen LogP contribution in [0.2, 0.25) is 0 Å². The third-order valence-corrected chi connectivity index (χ3v) is 4.65. The molecule has 1 aliphatic heterocycles. The van der Waals surface area contributed by atoms with Crippen LogP contribution < -0.4 is 5.32 Å². The first kappa shape index (κ1) is 19.4. The smallest absolute Gasteiger partial charge is 0.236 e. The molecule has 0 spiro atoms. The van der Waals surface area contributed by atoms with E-state index in [9.17, 15) is 9.59 Å². The molecule has 1 saturated heterocycles. The summed E-state index contributed by atoms with van der Waals surface area (Å²) in [5, 5.41) is 2.92. The van der Waals surface area contributed by atoms with E-state index in [1.165, 1.54) is 0 Å². The van der Waals surface area contributed by atoms with Crippen LogP contribution in [0, 0.1) is 0 Å². The van der Waals surface area contributed by atoms with Crippen molar-refractivity contribution in [2.45, 2.75) is 20.3 Å². The van der Waals surface area contributed by atoms with Gasteiger partial charge in [0, 0.05) is 57.9 Å². The Labute approximate surface area is 150 Å². The van der Waals surface area contributed by atoms with E-state index in [2.05, 4.69) is 15.1 Å². The molecule has 1 aliphatic rings. The summed E-state index contributed by atoms with van der Waals surface area (Å²) >= 11 is 0. The van der Waals surface area contributed by atoms with Crippen LogP contribution in [0.5, 0.6) is 0 Å². The fourth-order valence-electron chi connectivity index (χ4n) is 3.04. The lowest BCUT2D eigenvalue weighted by Gasteiger charge is -2.35. The van der Waals surface area contributed by atoms with Crippen LogP contribution in [0.15, 0.2) is 30.3 Å². The Balaban J connectivity index is 1.65. The zero-order valence-corrected chi connectivity index (χ0v) is 15.4. The zero-order valence-electron chi connectivity index (χ0n) is 15.4. The summed E-state index contributed by atoms with van der Waals surface area (Å²) < 4.78 is 0. The second-order valence-corrected chi connectivity index (χ2v) is 6.35. The van der Waals surface area contributed by atoms with Gasteiger partial charge in [-0.2, -0.15) is 0 Å². The van der Waals surface area contributed by atoms with Gasteiger partial charge in [-0.05, 0) is 26.0 Å². The van der Waals surface area contributed by atoms with Crippen molar-refractivity contribution in [1.82, 2.24) is 14.7 Å². The normalized spacial score (nSPS) is 15.8. The van der Waals surface area contributed by atoms with Gasteiger partial charge in [0.15, 0.2) is 0 Å². The van der Waals surface area contributed by atoms with E-state index >= 15 is 0 Å². The fraction of sp³-hybridized carbons (Fsp3) is 0.579. The minimum atomic E-state index is 0.0466. The first-order valence-corrected chi connectivity index (χ1v) is 9.19. The van der Waals surface area contributed by atoms with Crippen molar-refractivity contribution in [2.24, 2.45) is 0 Å². The van der Waals surface area contributed by atoms with E-state index in [0.717, 1.165) is 51.5 Å². The summed E-state index contributed by atoms with van der Waals surface area (Å²) in [5.41, 5.74) is 0.840. The van der Waals surface area contributed by atoms with Crippen molar-refractivity contribution in [1.29, 1.82) is 0 Å². The van der Waals surface area contributed by atoms with Gasteiger partial charge in [0.05, 0.1) is 6.54 Å². The predicted octanol–water partition coefficient (Wildman–Crippen LogP) is 1.50. The van der Waals surface area contributed by atoms with Crippen LogP contribution in [0.25, 0.3) is 0 Å². The molecule has 0 unspecified atom stereocenters. The van der Waals surface area contributed by atoms with Gasteiger partial charge in [0.2, 0.25) is 11.8 Å². The third-order valence-electron chi connectivity index (χ3n) is 4.65. The van der Waals surface area contributed by atoms with Gasteiger partial charge in [0.25, 0.3) is 0 Å². The lowest BCUT2D eigenvalue weighted by molar-refractivity contribution is -0.132. The second-order valence-electron chi connectivity index (χ2n) is 6.35. The predicted molar refractivity (Wildman–Crippen MR) is 100 cm³/mol. The molecule has 1 N–H and O–H groups in total. The maximum absolute atomic E-state index is 12.2. The molecule has 2 amide bonds. The molecular formula is C19H30N4O2. The highest BCUT2D eigenvalue weighted by atomic mass is 16.2. The number of hydrogen-bond acceptors (Lipinski definition) is 4. The molecule has 25 heavy (non-hydrogen) atoms. The number of rotatable bonds is 8. The Morgan fingerprint density at radius 1 is 1.00 bits per heavy atom. The number of benzene rings is 1. The molecule has 0 bridgehead atoms. The number of likely N-dealkylation sites (N-methyl/N-ethyl adjacent to an activating group) is 1. The van der Waals surface area contributed by atoms with Crippen molar-refractivity contribution in [3.05, 3.63) is 30.3 Å². The van der Waals surface area contributed by atoms with Crippen molar-refractivity contribution < 1.29 is 9.59 Å². The van der Waals surface area contributed by atoms with E-state index in [1.807, 2.05) is 49.1 Å². The molecule has 1 aromatic rings. The quantitative estimate of drug-likeness (QED) is 0.775. The van der Waals surface area contributed by atoms with Crippen LogP contribution in [0.1, 0.15) is 20.3 Å². The topological polar surface area (TPSA) is 55.9 Å². The Hall–Kier alpha value is -1.92. The summed E-state index contributed by atoms with van der Waals surface area (Å²) in [4.78, 5) is 30.5. The minimum absolute atomic E-state index is 0.0466. The number of carbonyl (C=O) groups excluding carboxylic acids is 2. The molecule has 0 aromatic heterocycles. The number of amides is 2. The molecule has 6 nitrogen and oxygen atoms in total. The van der Waals surface area contributed by atoms with Gasteiger partial charge in [-0.15, -0.1) is 0 Å². The van der Waals surface area contributed by atoms with E-state index < -0.39 is 0 Å². The lowest BCUT2D eigenvalue weighted by atomic mass is 10.2. The van der Waals surface area contributed by atoms with Crippen molar-refractivity contribution in [3.8, 4) is 0 Å². The first-order valence-electron chi connectivity index (χ1n) is 9.19. The number of piperazine rings is 1. The van der Waals surface area contributed by atoms with Gasteiger partial charge in [-0.3, -0.25) is 14.5 Å². The summed E-state index contributed by atoms with van der Waals surface area (Å²) in [5.74, 6) is 0.256. The van der Waals surface area contributed by atoms with Gasteiger partial charge >= 0.3 is 0 Å². The van der Waals surface area contributed by atoms with Gasteiger partial charge < -0.3 is 15.1 Å². The Kier molecular flexibility index (Phi) is 7.88. The van der Waals surface area contributed by atoms with Crippen molar-refractivity contribution >= 4 is 17.5 Å². The molecule has 1 heterocycles. The molecule has 0 radical (unpaired) electrons. The minimum Gasteiger partial charge on any atom is -0.342 e. The Bertz CT molecular complexity index is 538. The fourth-order valence-corrected chi connectivity index (χ4v) is 3.04. The molecule has 138 valence electrons.